The molecule has 0 radical (unpaired) electrons. The van der Waals surface area contributed by atoms with Crippen molar-refractivity contribution < 1.29 is 23.4 Å². The number of carbonyl (C=O) groups is 1. The lowest BCUT2D eigenvalue weighted by molar-refractivity contribution is -0.116. The first-order chi connectivity index (χ1) is 15.0. The van der Waals surface area contributed by atoms with Gasteiger partial charge >= 0.3 is 0 Å². The zero-order valence-corrected chi connectivity index (χ0v) is 17.0. The minimum absolute atomic E-state index is 0.0137. The third-order valence-corrected chi connectivity index (χ3v) is 5.47. The second-order valence-corrected chi connectivity index (χ2v) is 7.33. The first kappa shape index (κ1) is 20.5. The standard InChI is InChI=1S/C24H21FN2O4/c1-29-21-11-14(9-10-19(21)30-13-15-5-2-3-6-17(15)25)22-16(12-26)24(27)31-20-8-4-7-18(28)23(20)22/h2-3,5-6,9-11,22H,4,7-8,13,27H2,1H3/t22-/m0/s1. The number of hydrogen-bond acceptors (Lipinski definition) is 6. The molecule has 2 N–H and O–H groups in total. The topological polar surface area (TPSA) is 94.6 Å². The fourth-order valence-electron chi connectivity index (χ4n) is 3.94. The lowest BCUT2D eigenvalue weighted by Gasteiger charge is -2.31. The Balaban J connectivity index is 1.69. The zero-order valence-electron chi connectivity index (χ0n) is 17.0. The molecule has 1 heterocycles. The minimum Gasteiger partial charge on any atom is -0.493 e. The van der Waals surface area contributed by atoms with Gasteiger partial charge in [0.1, 0.15) is 29.8 Å². The second-order valence-electron chi connectivity index (χ2n) is 7.33. The summed E-state index contributed by atoms with van der Waals surface area (Å²) in [5.41, 5.74) is 7.74. The fourth-order valence-corrected chi connectivity index (χ4v) is 3.94. The highest BCUT2D eigenvalue weighted by atomic mass is 19.1. The number of hydrogen-bond donors (Lipinski definition) is 1. The number of Topliss-reactive ketones (excluding diaryl/α,β-unsaturated/α-hetero) is 1. The highest BCUT2D eigenvalue weighted by Crippen LogP contribution is 2.45. The van der Waals surface area contributed by atoms with Crippen LogP contribution in [0.5, 0.6) is 11.5 Å². The summed E-state index contributed by atoms with van der Waals surface area (Å²) in [6.45, 7) is 0.0315. The molecule has 0 unspecified atom stereocenters. The Morgan fingerprint density at radius 2 is 2.03 bits per heavy atom. The summed E-state index contributed by atoms with van der Waals surface area (Å²) < 4.78 is 30.7. The Bertz CT molecular complexity index is 1150. The highest BCUT2D eigenvalue weighted by molar-refractivity contribution is 5.99. The van der Waals surface area contributed by atoms with E-state index in [0.29, 0.717) is 53.2 Å². The van der Waals surface area contributed by atoms with Crippen molar-refractivity contribution in [1.82, 2.24) is 0 Å². The summed E-state index contributed by atoms with van der Waals surface area (Å²) in [6, 6.07) is 13.6. The third kappa shape index (κ3) is 3.84. The van der Waals surface area contributed by atoms with Crippen LogP contribution < -0.4 is 15.2 Å². The lowest BCUT2D eigenvalue weighted by Crippen LogP contribution is -2.27. The van der Waals surface area contributed by atoms with Crippen LogP contribution in [0, 0.1) is 17.1 Å². The van der Waals surface area contributed by atoms with E-state index in [-0.39, 0.29) is 29.7 Å². The molecule has 2 aromatic rings. The van der Waals surface area contributed by atoms with E-state index in [1.807, 2.05) is 0 Å². The smallest absolute Gasteiger partial charge is 0.205 e. The van der Waals surface area contributed by atoms with Crippen LogP contribution in [0.15, 0.2) is 65.3 Å². The van der Waals surface area contributed by atoms with Crippen LogP contribution in [0.1, 0.15) is 36.3 Å². The second kappa shape index (κ2) is 8.52. The van der Waals surface area contributed by atoms with Gasteiger partial charge in [0.05, 0.1) is 13.0 Å². The van der Waals surface area contributed by atoms with E-state index in [9.17, 15) is 14.4 Å². The van der Waals surface area contributed by atoms with Gasteiger partial charge in [-0.2, -0.15) is 5.26 Å². The van der Waals surface area contributed by atoms with Gasteiger partial charge in [-0.05, 0) is 30.2 Å². The molecule has 6 nitrogen and oxygen atoms in total. The van der Waals surface area contributed by atoms with E-state index in [1.165, 1.54) is 13.2 Å². The summed E-state index contributed by atoms with van der Waals surface area (Å²) >= 11 is 0. The zero-order chi connectivity index (χ0) is 22.0. The number of halogens is 1. The van der Waals surface area contributed by atoms with E-state index in [2.05, 4.69) is 6.07 Å². The Morgan fingerprint density at radius 1 is 1.23 bits per heavy atom. The van der Waals surface area contributed by atoms with Crippen LogP contribution in [0.25, 0.3) is 0 Å². The van der Waals surface area contributed by atoms with Gasteiger partial charge in [0, 0.05) is 24.0 Å². The molecule has 0 amide bonds. The summed E-state index contributed by atoms with van der Waals surface area (Å²) in [5, 5.41) is 9.69. The largest absolute Gasteiger partial charge is 0.493 e. The molecule has 158 valence electrons. The molecule has 0 bridgehead atoms. The van der Waals surface area contributed by atoms with Gasteiger partial charge in [-0.1, -0.05) is 24.3 Å². The summed E-state index contributed by atoms with van der Waals surface area (Å²) in [6.07, 6.45) is 1.68. The monoisotopic (exact) mass is 420 g/mol. The van der Waals surface area contributed by atoms with Crippen molar-refractivity contribution in [1.29, 1.82) is 5.26 Å². The van der Waals surface area contributed by atoms with Crippen LogP contribution in [0.3, 0.4) is 0 Å². The van der Waals surface area contributed by atoms with Crippen molar-refractivity contribution in [3.8, 4) is 17.6 Å². The summed E-state index contributed by atoms with van der Waals surface area (Å²) in [5.74, 6) is 0.329. The van der Waals surface area contributed by atoms with Crippen molar-refractivity contribution in [2.45, 2.75) is 31.8 Å². The minimum atomic E-state index is -0.629. The first-order valence-corrected chi connectivity index (χ1v) is 9.91. The first-order valence-electron chi connectivity index (χ1n) is 9.91. The molecule has 0 saturated heterocycles. The molecule has 2 aromatic carbocycles. The molecular formula is C24H21FN2O4. The Hall–Kier alpha value is -3.79. The van der Waals surface area contributed by atoms with Gasteiger partial charge in [0.25, 0.3) is 0 Å². The van der Waals surface area contributed by atoms with Crippen molar-refractivity contribution in [2.75, 3.05) is 7.11 Å². The molecule has 0 fully saturated rings. The summed E-state index contributed by atoms with van der Waals surface area (Å²) in [7, 11) is 1.49. The SMILES string of the molecule is COc1cc([C@H]2C(C#N)=C(N)OC3=C2C(=O)CCC3)ccc1OCc1ccccc1F. The number of ether oxygens (including phenoxy) is 3. The molecule has 0 saturated carbocycles. The maximum Gasteiger partial charge on any atom is 0.205 e. The number of ketones is 1. The molecule has 0 spiro atoms. The molecule has 0 aromatic heterocycles. The van der Waals surface area contributed by atoms with E-state index >= 15 is 0 Å². The van der Waals surface area contributed by atoms with Gasteiger partial charge in [-0.15, -0.1) is 0 Å². The Morgan fingerprint density at radius 3 is 2.77 bits per heavy atom. The lowest BCUT2D eigenvalue weighted by atomic mass is 9.77. The maximum atomic E-state index is 13.9. The van der Waals surface area contributed by atoms with Crippen LogP contribution >= 0.6 is 0 Å². The van der Waals surface area contributed by atoms with Crippen LogP contribution in [-0.2, 0) is 16.1 Å². The average Bonchev–Trinajstić information content (AvgIpc) is 2.77. The maximum absolute atomic E-state index is 13.9. The van der Waals surface area contributed by atoms with E-state index in [4.69, 9.17) is 19.9 Å². The van der Waals surface area contributed by atoms with E-state index in [1.54, 1.807) is 36.4 Å². The molecule has 31 heavy (non-hydrogen) atoms. The van der Waals surface area contributed by atoms with Gasteiger partial charge in [0.2, 0.25) is 5.88 Å². The highest BCUT2D eigenvalue weighted by Gasteiger charge is 2.38. The van der Waals surface area contributed by atoms with E-state index < -0.39 is 5.92 Å². The predicted molar refractivity (Wildman–Crippen MR) is 110 cm³/mol. The number of allylic oxidation sites excluding steroid dienone is 3. The quantitative estimate of drug-likeness (QED) is 0.778. The molecule has 1 aliphatic heterocycles. The normalized spacial score (nSPS) is 18.2. The predicted octanol–water partition coefficient (Wildman–Crippen LogP) is 4.23. The molecule has 2 aliphatic rings. The molecule has 4 rings (SSSR count). The summed E-state index contributed by atoms with van der Waals surface area (Å²) in [4.78, 5) is 12.7. The average molecular weight is 420 g/mol. The Labute approximate surface area is 179 Å². The Kier molecular flexibility index (Phi) is 5.63. The number of nitrogens with zero attached hydrogens (tertiary/aromatic N) is 1. The van der Waals surface area contributed by atoms with Crippen LogP contribution in [0.2, 0.25) is 0 Å². The number of methoxy groups -OCH3 is 1. The molecular weight excluding hydrogens is 399 g/mol. The number of rotatable bonds is 5. The fraction of sp³-hybridized carbons (Fsp3) is 0.250. The number of nitriles is 1. The molecule has 7 heteroatoms. The third-order valence-electron chi connectivity index (χ3n) is 5.47. The van der Waals surface area contributed by atoms with Gasteiger partial charge < -0.3 is 19.9 Å². The molecule has 1 atom stereocenters. The number of benzene rings is 2. The van der Waals surface area contributed by atoms with Crippen molar-refractivity contribution >= 4 is 5.78 Å². The van der Waals surface area contributed by atoms with Gasteiger partial charge in [-0.25, -0.2) is 4.39 Å². The van der Waals surface area contributed by atoms with Crippen molar-refractivity contribution in [3.05, 3.63) is 82.2 Å². The van der Waals surface area contributed by atoms with Gasteiger partial charge in [0.15, 0.2) is 17.3 Å². The van der Waals surface area contributed by atoms with Crippen LogP contribution in [-0.4, -0.2) is 12.9 Å². The van der Waals surface area contributed by atoms with Crippen molar-refractivity contribution in [3.63, 3.8) is 0 Å². The van der Waals surface area contributed by atoms with Gasteiger partial charge in [-0.3, -0.25) is 4.79 Å². The van der Waals surface area contributed by atoms with Crippen LogP contribution in [0.4, 0.5) is 4.39 Å². The number of carbonyl (C=O) groups excluding carboxylic acids is 1. The van der Waals surface area contributed by atoms with Crippen molar-refractivity contribution in [2.24, 2.45) is 5.73 Å². The molecule has 1 aliphatic carbocycles. The van der Waals surface area contributed by atoms with E-state index in [0.717, 1.165) is 0 Å². The number of nitrogens with two attached hydrogens (primary N) is 1.